The molecule has 0 bridgehead atoms. The Kier molecular flexibility index (Phi) is 5.61. The van der Waals surface area contributed by atoms with Crippen molar-refractivity contribution in [1.29, 1.82) is 0 Å². The van der Waals surface area contributed by atoms with E-state index in [-0.39, 0.29) is 17.2 Å². The van der Waals surface area contributed by atoms with Crippen LogP contribution < -0.4 is 15.4 Å². The number of para-hydroxylation sites is 2. The van der Waals surface area contributed by atoms with E-state index in [0.29, 0.717) is 16.7 Å². The van der Waals surface area contributed by atoms with Crippen molar-refractivity contribution in [2.24, 2.45) is 0 Å². The van der Waals surface area contributed by atoms with Crippen LogP contribution in [0.2, 0.25) is 0 Å². The minimum atomic E-state index is -0.631. The Balaban J connectivity index is 1.56. The predicted molar refractivity (Wildman–Crippen MR) is 111 cm³/mol. The third-order valence-corrected chi connectivity index (χ3v) is 4.36. The number of fused-ring (bicyclic) bond motifs is 1. The molecular formula is C23H16F2N2O4. The lowest BCUT2D eigenvalue weighted by Crippen LogP contribution is -2.22. The summed E-state index contributed by atoms with van der Waals surface area (Å²) in [5, 5.41) is 5.70. The molecule has 0 radical (unpaired) electrons. The lowest BCUT2D eigenvalue weighted by Gasteiger charge is -2.09. The van der Waals surface area contributed by atoms with E-state index in [1.54, 1.807) is 30.3 Å². The van der Waals surface area contributed by atoms with Crippen LogP contribution in [0.5, 0.6) is 5.75 Å². The zero-order chi connectivity index (χ0) is 21.8. The highest BCUT2D eigenvalue weighted by molar-refractivity contribution is 6.14. The molecule has 0 saturated heterocycles. The quantitative estimate of drug-likeness (QED) is 0.459. The number of furan rings is 1. The maximum absolute atomic E-state index is 13.7. The zero-order valence-electron chi connectivity index (χ0n) is 16.0. The van der Waals surface area contributed by atoms with E-state index in [2.05, 4.69) is 10.6 Å². The van der Waals surface area contributed by atoms with Gasteiger partial charge in [0.25, 0.3) is 11.8 Å². The number of halogens is 2. The maximum atomic E-state index is 13.7. The van der Waals surface area contributed by atoms with Crippen LogP contribution in [-0.4, -0.2) is 18.4 Å². The number of rotatable bonds is 6. The van der Waals surface area contributed by atoms with Gasteiger partial charge in [0.15, 0.2) is 18.2 Å². The summed E-state index contributed by atoms with van der Waals surface area (Å²) in [4.78, 5) is 25.2. The fraction of sp³-hybridized carbons (Fsp3) is 0.0435. The minimum absolute atomic E-state index is 0.0658. The first kappa shape index (κ1) is 20.1. The smallest absolute Gasteiger partial charge is 0.293 e. The molecule has 0 atom stereocenters. The van der Waals surface area contributed by atoms with Crippen molar-refractivity contribution in [3.63, 3.8) is 0 Å². The normalized spacial score (nSPS) is 10.6. The van der Waals surface area contributed by atoms with Gasteiger partial charge >= 0.3 is 0 Å². The highest BCUT2D eigenvalue weighted by atomic mass is 19.1. The lowest BCUT2D eigenvalue weighted by atomic mass is 10.2. The molecule has 6 nitrogen and oxygen atoms in total. The third kappa shape index (κ3) is 4.53. The monoisotopic (exact) mass is 422 g/mol. The number of nitrogens with one attached hydrogen (secondary N) is 2. The largest absolute Gasteiger partial charge is 0.481 e. The van der Waals surface area contributed by atoms with Gasteiger partial charge in [-0.25, -0.2) is 8.78 Å². The number of carbonyl (C=O) groups excluding carboxylic acids is 2. The molecular weight excluding hydrogens is 406 g/mol. The number of benzene rings is 3. The first-order chi connectivity index (χ1) is 15.0. The van der Waals surface area contributed by atoms with Gasteiger partial charge in [-0.05, 0) is 48.5 Å². The van der Waals surface area contributed by atoms with E-state index in [1.165, 1.54) is 42.5 Å². The molecule has 31 heavy (non-hydrogen) atoms. The molecule has 0 fully saturated rings. The number of hydrogen-bond donors (Lipinski definition) is 2. The summed E-state index contributed by atoms with van der Waals surface area (Å²) < 4.78 is 37.6. The number of anilines is 2. The molecule has 0 saturated carbocycles. The molecule has 3 aromatic carbocycles. The second-order valence-corrected chi connectivity index (χ2v) is 6.53. The van der Waals surface area contributed by atoms with E-state index < -0.39 is 30.1 Å². The summed E-state index contributed by atoms with van der Waals surface area (Å²) in [5.41, 5.74) is 0.890. The molecule has 0 aliphatic rings. The average Bonchev–Trinajstić information content (AvgIpc) is 3.13. The lowest BCUT2D eigenvalue weighted by molar-refractivity contribution is -0.118. The second-order valence-electron chi connectivity index (χ2n) is 6.53. The maximum Gasteiger partial charge on any atom is 0.293 e. The van der Waals surface area contributed by atoms with Crippen molar-refractivity contribution in [1.82, 2.24) is 0 Å². The number of carbonyl (C=O) groups is 2. The Morgan fingerprint density at radius 3 is 2.35 bits per heavy atom. The van der Waals surface area contributed by atoms with Crippen molar-refractivity contribution in [2.75, 3.05) is 17.2 Å². The fourth-order valence-electron chi connectivity index (χ4n) is 2.93. The van der Waals surface area contributed by atoms with Gasteiger partial charge < -0.3 is 19.8 Å². The van der Waals surface area contributed by atoms with E-state index in [4.69, 9.17) is 9.15 Å². The number of hydrogen-bond acceptors (Lipinski definition) is 4. The number of ether oxygens (including phenoxy) is 1. The number of amides is 2. The van der Waals surface area contributed by atoms with Gasteiger partial charge in [0.1, 0.15) is 17.1 Å². The first-order valence-electron chi connectivity index (χ1n) is 9.27. The Labute approximate surface area is 175 Å². The van der Waals surface area contributed by atoms with Gasteiger partial charge in [-0.15, -0.1) is 0 Å². The topological polar surface area (TPSA) is 80.6 Å². The van der Waals surface area contributed by atoms with Crippen molar-refractivity contribution in [3.8, 4) is 5.75 Å². The SMILES string of the molecule is O=C(COc1ccccc1F)Nc1c(C(=O)Nc2ccc(F)cc2)oc2ccccc12. The molecule has 1 aromatic heterocycles. The summed E-state index contributed by atoms with van der Waals surface area (Å²) in [6, 6.07) is 17.7. The van der Waals surface area contributed by atoms with E-state index >= 15 is 0 Å². The van der Waals surface area contributed by atoms with Gasteiger partial charge in [-0.3, -0.25) is 9.59 Å². The van der Waals surface area contributed by atoms with Crippen LogP contribution in [0, 0.1) is 11.6 Å². The van der Waals surface area contributed by atoms with Crippen LogP contribution in [-0.2, 0) is 4.79 Å². The van der Waals surface area contributed by atoms with Crippen LogP contribution in [0.15, 0.2) is 77.2 Å². The van der Waals surface area contributed by atoms with Crippen molar-refractivity contribution >= 4 is 34.2 Å². The van der Waals surface area contributed by atoms with E-state index in [0.717, 1.165) is 0 Å². The van der Waals surface area contributed by atoms with Crippen molar-refractivity contribution in [3.05, 3.63) is 90.2 Å². The van der Waals surface area contributed by atoms with Gasteiger partial charge in [-0.2, -0.15) is 0 Å². The van der Waals surface area contributed by atoms with Crippen LogP contribution in [0.3, 0.4) is 0 Å². The van der Waals surface area contributed by atoms with Gasteiger partial charge in [0.2, 0.25) is 5.76 Å². The summed E-state index contributed by atoms with van der Waals surface area (Å²) in [6.45, 7) is -0.473. The Morgan fingerprint density at radius 2 is 1.58 bits per heavy atom. The molecule has 2 amide bonds. The van der Waals surface area contributed by atoms with Crippen molar-refractivity contribution in [2.45, 2.75) is 0 Å². The molecule has 4 aromatic rings. The molecule has 2 N–H and O–H groups in total. The van der Waals surface area contributed by atoms with Crippen LogP contribution in [0.1, 0.15) is 10.6 Å². The van der Waals surface area contributed by atoms with Crippen LogP contribution in [0.4, 0.5) is 20.2 Å². The van der Waals surface area contributed by atoms with E-state index in [1.807, 2.05) is 0 Å². The molecule has 0 aliphatic heterocycles. The summed E-state index contributed by atoms with van der Waals surface area (Å²) in [7, 11) is 0. The van der Waals surface area contributed by atoms with Gasteiger partial charge in [0.05, 0.1) is 0 Å². The minimum Gasteiger partial charge on any atom is -0.481 e. The molecule has 156 valence electrons. The first-order valence-corrected chi connectivity index (χ1v) is 9.27. The second kappa shape index (κ2) is 8.66. The molecule has 0 unspecified atom stereocenters. The highest BCUT2D eigenvalue weighted by Crippen LogP contribution is 2.31. The molecule has 0 spiro atoms. The van der Waals surface area contributed by atoms with Gasteiger partial charge in [-0.1, -0.05) is 24.3 Å². The summed E-state index contributed by atoms with van der Waals surface area (Å²) in [6.07, 6.45) is 0. The van der Waals surface area contributed by atoms with Gasteiger partial charge in [0, 0.05) is 11.1 Å². The molecule has 4 rings (SSSR count). The zero-order valence-corrected chi connectivity index (χ0v) is 16.0. The third-order valence-electron chi connectivity index (χ3n) is 4.36. The average molecular weight is 422 g/mol. The van der Waals surface area contributed by atoms with Crippen LogP contribution >= 0.6 is 0 Å². The van der Waals surface area contributed by atoms with E-state index in [9.17, 15) is 18.4 Å². The van der Waals surface area contributed by atoms with Crippen LogP contribution in [0.25, 0.3) is 11.0 Å². The van der Waals surface area contributed by atoms with Crippen molar-refractivity contribution < 1.29 is 27.5 Å². The Bertz CT molecular complexity index is 1250. The summed E-state index contributed by atoms with van der Waals surface area (Å²) in [5.74, 6) is -2.47. The Hall–Kier alpha value is -4.20. The fourth-order valence-corrected chi connectivity index (χ4v) is 2.93. The molecule has 1 heterocycles. The highest BCUT2D eigenvalue weighted by Gasteiger charge is 2.22. The molecule has 0 aliphatic carbocycles. The Morgan fingerprint density at radius 1 is 0.871 bits per heavy atom. The summed E-state index contributed by atoms with van der Waals surface area (Å²) >= 11 is 0. The molecule has 8 heteroatoms. The standard InChI is InChI=1S/C23H16F2N2O4/c24-14-9-11-15(12-10-14)26-23(29)22-21(16-5-1-3-7-18(16)31-22)27-20(28)13-30-19-8-4-2-6-17(19)25/h1-12H,13H2,(H,26,29)(H,27,28). The predicted octanol–water partition coefficient (Wildman–Crippen LogP) is 4.98.